The van der Waals surface area contributed by atoms with Crippen LogP contribution in [0.4, 0.5) is 5.69 Å². The Hall–Kier alpha value is -1.15. The van der Waals surface area contributed by atoms with Gasteiger partial charge in [-0.3, -0.25) is 4.99 Å². The highest BCUT2D eigenvalue weighted by atomic mass is 127. The van der Waals surface area contributed by atoms with Gasteiger partial charge in [-0.2, -0.15) is 0 Å². The number of guanidine groups is 1. The van der Waals surface area contributed by atoms with Gasteiger partial charge >= 0.3 is 0 Å². The fourth-order valence-corrected chi connectivity index (χ4v) is 3.94. The highest BCUT2D eigenvalue weighted by Crippen LogP contribution is 2.27. The molecule has 0 saturated carbocycles. The Bertz CT molecular complexity index is 724. The Morgan fingerprint density at radius 2 is 2.12 bits per heavy atom. The minimum atomic E-state index is 0. The maximum atomic E-state index is 6.08. The van der Waals surface area contributed by atoms with Gasteiger partial charge in [0.05, 0.1) is 10.7 Å². The molecule has 136 valence electrons. The molecule has 0 saturated heterocycles. The average molecular weight is 470 g/mol. The maximum Gasteiger partial charge on any atom is 0.193 e. The monoisotopic (exact) mass is 470 g/mol. The first-order chi connectivity index (χ1) is 11.6. The summed E-state index contributed by atoms with van der Waals surface area (Å²) in [5.41, 5.74) is 11.2. The van der Waals surface area contributed by atoms with E-state index in [1.807, 2.05) is 0 Å². The molecule has 0 spiro atoms. The first-order valence-corrected chi connectivity index (χ1v) is 9.63. The van der Waals surface area contributed by atoms with Gasteiger partial charge in [0.1, 0.15) is 0 Å². The highest BCUT2D eigenvalue weighted by Gasteiger charge is 2.13. The van der Waals surface area contributed by atoms with Crippen LogP contribution in [0.1, 0.15) is 54.4 Å². The minimum Gasteiger partial charge on any atom is -0.370 e. The average Bonchev–Trinajstić information content (AvgIpc) is 3.04. The van der Waals surface area contributed by atoms with Crippen LogP contribution in [0, 0.1) is 0 Å². The summed E-state index contributed by atoms with van der Waals surface area (Å²) >= 11 is 1.73. The molecule has 2 aromatic rings. The lowest BCUT2D eigenvalue weighted by molar-refractivity contribution is 0.687. The van der Waals surface area contributed by atoms with Crippen molar-refractivity contribution in [3.05, 3.63) is 45.4 Å². The quantitative estimate of drug-likeness (QED) is 0.377. The molecule has 1 aromatic heterocycles. The number of nitrogens with two attached hydrogens (primary N) is 1. The van der Waals surface area contributed by atoms with Crippen molar-refractivity contribution in [1.82, 2.24) is 4.98 Å². The van der Waals surface area contributed by atoms with Crippen LogP contribution in [-0.4, -0.2) is 17.5 Å². The van der Waals surface area contributed by atoms with Crippen molar-refractivity contribution in [3.8, 4) is 0 Å². The van der Waals surface area contributed by atoms with E-state index < -0.39 is 0 Å². The van der Waals surface area contributed by atoms with Gasteiger partial charge in [-0.25, -0.2) is 4.98 Å². The lowest BCUT2D eigenvalue weighted by Gasteiger charge is -2.19. The van der Waals surface area contributed by atoms with Gasteiger partial charge in [0, 0.05) is 30.0 Å². The van der Waals surface area contributed by atoms with Gasteiger partial charge in [0.2, 0.25) is 0 Å². The van der Waals surface area contributed by atoms with E-state index in [0.717, 1.165) is 24.2 Å². The first-order valence-electron chi connectivity index (χ1n) is 8.75. The van der Waals surface area contributed by atoms with E-state index in [2.05, 4.69) is 52.7 Å². The third kappa shape index (κ3) is 5.41. The number of rotatable bonds is 5. The molecular formula is C19H27IN4S. The summed E-state index contributed by atoms with van der Waals surface area (Å²) in [4.78, 5) is 9.10. The number of aryl methyl sites for hydroxylation is 1. The van der Waals surface area contributed by atoms with Gasteiger partial charge in [0.25, 0.3) is 0 Å². The molecule has 0 bridgehead atoms. The van der Waals surface area contributed by atoms with E-state index in [4.69, 9.17) is 5.73 Å². The number of thiazole rings is 1. The highest BCUT2D eigenvalue weighted by molar-refractivity contribution is 14.0. The van der Waals surface area contributed by atoms with Crippen molar-refractivity contribution in [2.45, 2.75) is 51.9 Å². The fraction of sp³-hybridized carbons (Fsp3) is 0.474. The molecular weight excluding hydrogens is 443 g/mol. The number of hydrogen-bond donors (Lipinski definition) is 2. The molecule has 3 rings (SSSR count). The zero-order chi connectivity index (χ0) is 16.9. The molecule has 0 radical (unpaired) electrons. The van der Waals surface area contributed by atoms with E-state index >= 15 is 0 Å². The van der Waals surface area contributed by atoms with E-state index in [9.17, 15) is 0 Å². The number of nitrogens with zero attached hydrogens (tertiary/aromatic N) is 2. The lowest BCUT2D eigenvalue weighted by Crippen LogP contribution is -2.24. The largest absolute Gasteiger partial charge is 0.370 e. The Labute approximate surface area is 171 Å². The second-order valence-corrected chi connectivity index (χ2v) is 7.51. The fourth-order valence-electron chi connectivity index (χ4n) is 3.07. The number of benzene rings is 1. The number of hydrogen-bond acceptors (Lipinski definition) is 3. The van der Waals surface area contributed by atoms with Crippen molar-refractivity contribution in [3.63, 3.8) is 0 Å². The van der Waals surface area contributed by atoms with Gasteiger partial charge in [-0.1, -0.05) is 26.0 Å². The van der Waals surface area contributed by atoms with Crippen molar-refractivity contribution >= 4 is 47.0 Å². The van der Waals surface area contributed by atoms with E-state index in [0.29, 0.717) is 18.4 Å². The SMILES string of the molecule is CC(C)c1nc(CCN=C(N)Nc2cccc3c2CCCC3)cs1.I. The summed E-state index contributed by atoms with van der Waals surface area (Å²) in [7, 11) is 0. The van der Waals surface area contributed by atoms with Gasteiger partial charge in [-0.15, -0.1) is 35.3 Å². The minimum absolute atomic E-state index is 0. The second kappa shape index (κ2) is 9.52. The molecule has 1 heterocycles. The van der Waals surface area contributed by atoms with E-state index in [1.165, 1.54) is 35.4 Å². The Morgan fingerprint density at radius 3 is 2.88 bits per heavy atom. The molecule has 4 nitrogen and oxygen atoms in total. The summed E-state index contributed by atoms with van der Waals surface area (Å²) in [5, 5.41) is 6.61. The Balaban J connectivity index is 0.00000225. The summed E-state index contributed by atoms with van der Waals surface area (Å²) in [5.74, 6) is 0.983. The van der Waals surface area contributed by atoms with Crippen LogP contribution >= 0.6 is 35.3 Å². The summed E-state index contributed by atoms with van der Waals surface area (Å²) < 4.78 is 0. The predicted molar refractivity (Wildman–Crippen MR) is 119 cm³/mol. The summed E-state index contributed by atoms with van der Waals surface area (Å²) in [6.45, 7) is 5.00. The number of aliphatic imine (C=N–C) groups is 1. The second-order valence-electron chi connectivity index (χ2n) is 6.62. The topological polar surface area (TPSA) is 63.3 Å². The maximum absolute atomic E-state index is 6.08. The number of aromatic nitrogens is 1. The van der Waals surface area contributed by atoms with E-state index in [-0.39, 0.29) is 24.0 Å². The van der Waals surface area contributed by atoms with Gasteiger partial charge < -0.3 is 11.1 Å². The van der Waals surface area contributed by atoms with Crippen LogP contribution in [-0.2, 0) is 19.3 Å². The summed E-state index contributed by atoms with van der Waals surface area (Å²) in [6, 6.07) is 6.42. The molecule has 1 aliphatic rings. The van der Waals surface area contributed by atoms with Crippen molar-refractivity contribution in [1.29, 1.82) is 0 Å². The molecule has 0 fully saturated rings. The van der Waals surface area contributed by atoms with Crippen molar-refractivity contribution in [2.24, 2.45) is 10.7 Å². The molecule has 1 aromatic carbocycles. The van der Waals surface area contributed by atoms with Crippen LogP contribution in [0.3, 0.4) is 0 Å². The number of fused-ring (bicyclic) bond motifs is 1. The van der Waals surface area contributed by atoms with E-state index in [1.54, 1.807) is 11.3 Å². The van der Waals surface area contributed by atoms with Gasteiger partial charge in [-0.05, 0) is 42.9 Å². The normalized spacial score (nSPS) is 14.1. The molecule has 0 amide bonds. The molecule has 0 aliphatic heterocycles. The third-order valence-corrected chi connectivity index (χ3v) is 5.57. The van der Waals surface area contributed by atoms with Crippen LogP contribution in [0.2, 0.25) is 0 Å². The van der Waals surface area contributed by atoms with Crippen molar-refractivity contribution in [2.75, 3.05) is 11.9 Å². The van der Waals surface area contributed by atoms with Crippen molar-refractivity contribution < 1.29 is 0 Å². The summed E-state index contributed by atoms with van der Waals surface area (Å²) in [6.07, 6.45) is 5.67. The third-order valence-electron chi connectivity index (χ3n) is 4.37. The van der Waals surface area contributed by atoms with Gasteiger partial charge in [0.15, 0.2) is 5.96 Å². The number of anilines is 1. The lowest BCUT2D eigenvalue weighted by atomic mass is 9.90. The smallest absolute Gasteiger partial charge is 0.193 e. The number of nitrogens with one attached hydrogen (secondary N) is 1. The molecule has 25 heavy (non-hydrogen) atoms. The zero-order valence-electron chi connectivity index (χ0n) is 14.9. The number of halogens is 1. The molecule has 0 atom stereocenters. The standard InChI is InChI=1S/C19H26N4S.HI/c1-13(2)18-22-15(12-24-18)10-11-21-19(20)23-17-9-5-7-14-6-3-4-8-16(14)17;/h5,7,9,12-13H,3-4,6,8,10-11H2,1-2H3,(H3,20,21,23);1H. The molecule has 0 unspecified atom stereocenters. The van der Waals surface area contributed by atoms with Crippen LogP contribution in [0.5, 0.6) is 0 Å². The molecule has 6 heteroatoms. The Morgan fingerprint density at radius 1 is 1.32 bits per heavy atom. The van der Waals surface area contributed by atoms with Crippen LogP contribution in [0.25, 0.3) is 0 Å². The first kappa shape index (κ1) is 20.2. The zero-order valence-corrected chi connectivity index (χ0v) is 18.1. The van der Waals surface area contributed by atoms with Crippen LogP contribution < -0.4 is 11.1 Å². The Kier molecular flexibility index (Phi) is 7.68. The van der Waals surface area contributed by atoms with Crippen LogP contribution in [0.15, 0.2) is 28.6 Å². The molecule has 3 N–H and O–H groups in total. The predicted octanol–water partition coefficient (Wildman–Crippen LogP) is 4.73. The molecule has 1 aliphatic carbocycles.